The summed E-state index contributed by atoms with van der Waals surface area (Å²) in [7, 11) is 0. The minimum Gasteiger partial charge on any atom is -0.486 e. The summed E-state index contributed by atoms with van der Waals surface area (Å²) in [5, 5.41) is 0.297. The molecule has 1 rings (SSSR count). The summed E-state index contributed by atoms with van der Waals surface area (Å²) in [6.45, 7) is 1.16. The van der Waals surface area contributed by atoms with Gasteiger partial charge in [0.2, 0.25) is 0 Å². The summed E-state index contributed by atoms with van der Waals surface area (Å²) in [5.74, 6) is 0.251. The number of halogens is 3. The van der Waals surface area contributed by atoms with E-state index < -0.39 is 13.0 Å². The smallest absolute Gasteiger partial charge is 0.272 e. The van der Waals surface area contributed by atoms with E-state index in [0.717, 1.165) is 5.56 Å². The molecular weight excluding hydrogens is 224 g/mol. The third-order valence-corrected chi connectivity index (χ3v) is 2.14. The van der Waals surface area contributed by atoms with Gasteiger partial charge < -0.3 is 10.5 Å². The third-order valence-electron chi connectivity index (χ3n) is 1.85. The molecule has 0 heterocycles. The van der Waals surface area contributed by atoms with Crippen LogP contribution in [0.4, 0.5) is 8.78 Å². The average molecular weight is 236 g/mol. The topological polar surface area (TPSA) is 35.2 Å². The predicted molar refractivity (Wildman–Crippen MR) is 55.6 cm³/mol. The molecule has 0 unspecified atom stereocenters. The Morgan fingerprint density at radius 1 is 1.47 bits per heavy atom. The standard InChI is InChI=1S/C10H12ClF2NO/c1-6(14)7-2-3-9(8(11)4-7)15-5-10(12)13/h2-4,6,10H,5,14H2,1H3/t6-/m1/s1. The lowest BCUT2D eigenvalue weighted by Gasteiger charge is -2.10. The molecule has 0 aliphatic rings. The molecule has 2 N–H and O–H groups in total. The normalized spacial score (nSPS) is 12.9. The highest BCUT2D eigenvalue weighted by Crippen LogP contribution is 2.27. The van der Waals surface area contributed by atoms with Crippen LogP contribution in [0.15, 0.2) is 18.2 Å². The first-order valence-electron chi connectivity index (χ1n) is 4.46. The van der Waals surface area contributed by atoms with Gasteiger partial charge in [-0.1, -0.05) is 17.7 Å². The molecule has 2 nitrogen and oxygen atoms in total. The van der Waals surface area contributed by atoms with Crippen molar-refractivity contribution in [1.82, 2.24) is 0 Å². The van der Waals surface area contributed by atoms with Crippen molar-refractivity contribution < 1.29 is 13.5 Å². The van der Waals surface area contributed by atoms with Gasteiger partial charge in [0.1, 0.15) is 12.4 Å². The Hall–Kier alpha value is -0.870. The SMILES string of the molecule is C[C@@H](N)c1ccc(OCC(F)F)c(Cl)c1. The van der Waals surface area contributed by atoms with Crippen LogP contribution >= 0.6 is 11.6 Å². The van der Waals surface area contributed by atoms with Gasteiger partial charge in [-0.05, 0) is 24.6 Å². The van der Waals surface area contributed by atoms with Crippen LogP contribution in [-0.2, 0) is 0 Å². The highest BCUT2D eigenvalue weighted by atomic mass is 35.5. The van der Waals surface area contributed by atoms with E-state index >= 15 is 0 Å². The zero-order valence-corrected chi connectivity index (χ0v) is 8.97. The fourth-order valence-corrected chi connectivity index (χ4v) is 1.31. The number of nitrogens with two attached hydrogens (primary N) is 1. The van der Waals surface area contributed by atoms with Crippen molar-refractivity contribution in [1.29, 1.82) is 0 Å². The number of hydrogen-bond acceptors (Lipinski definition) is 2. The van der Waals surface area contributed by atoms with Gasteiger partial charge in [0.25, 0.3) is 6.43 Å². The molecule has 0 aliphatic heterocycles. The molecule has 0 aromatic heterocycles. The quantitative estimate of drug-likeness (QED) is 0.871. The van der Waals surface area contributed by atoms with Crippen LogP contribution in [0, 0.1) is 0 Å². The minimum atomic E-state index is -2.51. The van der Waals surface area contributed by atoms with Gasteiger partial charge in [-0.3, -0.25) is 0 Å². The van der Waals surface area contributed by atoms with Crippen LogP contribution < -0.4 is 10.5 Å². The molecule has 0 spiro atoms. The van der Waals surface area contributed by atoms with Crippen molar-refractivity contribution >= 4 is 11.6 Å². The Labute approximate surface area is 92.0 Å². The fraction of sp³-hybridized carbons (Fsp3) is 0.400. The second-order valence-corrected chi connectivity index (χ2v) is 3.59. The average Bonchev–Trinajstić information content (AvgIpc) is 2.15. The second kappa shape index (κ2) is 5.28. The van der Waals surface area contributed by atoms with Crippen molar-refractivity contribution in [2.45, 2.75) is 19.4 Å². The van der Waals surface area contributed by atoms with Gasteiger partial charge in [0, 0.05) is 6.04 Å². The summed E-state index contributed by atoms with van der Waals surface area (Å²) >= 11 is 5.83. The Morgan fingerprint density at radius 2 is 2.13 bits per heavy atom. The Balaban J connectivity index is 2.75. The molecular formula is C10H12ClF2NO. The largest absolute Gasteiger partial charge is 0.486 e. The predicted octanol–water partition coefficient (Wildman–Crippen LogP) is 3.00. The molecule has 0 saturated heterocycles. The van der Waals surface area contributed by atoms with Crippen LogP contribution in [0.3, 0.4) is 0 Å². The molecule has 15 heavy (non-hydrogen) atoms. The fourth-order valence-electron chi connectivity index (χ4n) is 1.07. The Morgan fingerprint density at radius 3 is 2.60 bits per heavy atom. The van der Waals surface area contributed by atoms with Crippen LogP contribution in [0.25, 0.3) is 0 Å². The van der Waals surface area contributed by atoms with Crippen LogP contribution in [-0.4, -0.2) is 13.0 Å². The highest BCUT2D eigenvalue weighted by Gasteiger charge is 2.08. The number of ether oxygens (including phenoxy) is 1. The molecule has 0 radical (unpaired) electrons. The van der Waals surface area contributed by atoms with E-state index in [9.17, 15) is 8.78 Å². The molecule has 1 aromatic carbocycles. The van der Waals surface area contributed by atoms with E-state index in [1.54, 1.807) is 18.2 Å². The lowest BCUT2D eigenvalue weighted by atomic mass is 10.1. The van der Waals surface area contributed by atoms with E-state index in [4.69, 9.17) is 22.1 Å². The maximum absolute atomic E-state index is 11.9. The van der Waals surface area contributed by atoms with Gasteiger partial charge in [0.05, 0.1) is 5.02 Å². The first-order chi connectivity index (χ1) is 7.00. The van der Waals surface area contributed by atoms with E-state index in [1.807, 2.05) is 6.92 Å². The lowest BCUT2D eigenvalue weighted by Crippen LogP contribution is -2.08. The number of benzene rings is 1. The highest BCUT2D eigenvalue weighted by molar-refractivity contribution is 6.32. The summed E-state index contributed by atoms with van der Waals surface area (Å²) in [6, 6.07) is 4.72. The first kappa shape index (κ1) is 12.2. The van der Waals surface area contributed by atoms with Crippen molar-refractivity contribution in [3.8, 4) is 5.75 Å². The van der Waals surface area contributed by atoms with Crippen molar-refractivity contribution in [3.05, 3.63) is 28.8 Å². The Kier molecular flexibility index (Phi) is 4.29. The first-order valence-corrected chi connectivity index (χ1v) is 4.84. The molecule has 84 valence electrons. The molecule has 0 aliphatic carbocycles. The van der Waals surface area contributed by atoms with Gasteiger partial charge >= 0.3 is 0 Å². The number of alkyl halides is 2. The zero-order chi connectivity index (χ0) is 11.4. The zero-order valence-electron chi connectivity index (χ0n) is 8.21. The maximum Gasteiger partial charge on any atom is 0.272 e. The summed E-state index contributed by atoms with van der Waals surface area (Å²) in [6.07, 6.45) is -2.51. The molecule has 1 atom stereocenters. The summed E-state index contributed by atoms with van der Waals surface area (Å²) in [4.78, 5) is 0. The van der Waals surface area contributed by atoms with Gasteiger partial charge in [-0.25, -0.2) is 8.78 Å². The minimum absolute atomic E-state index is 0.147. The van der Waals surface area contributed by atoms with E-state index in [2.05, 4.69) is 0 Å². The molecule has 0 bridgehead atoms. The Bertz CT molecular complexity index is 331. The van der Waals surface area contributed by atoms with Crippen molar-refractivity contribution in [3.63, 3.8) is 0 Å². The third kappa shape index (κ3) is 3.64. The molecule has 0 amide bonds. The number of rotatable bonds is 4. The molecule has 1 aromatic rings. The van der Waals surface area contributed by atoms with Gasteiger partial charge in [-0.2, -0.15) is 0 Å². The monoisotopic (exact) mass is 235 g/mol. The van der Waals surface area contributed by atoms with Crippen molar-refractivity contribution in [2.24, 2.45) is 5.73 Å². The second-order valence-electron chi connectivity index (χ2n) is 3.18. The van der Waals surface area contributed by atoms with Gasteiger partial charge in [0.15, 0.2) is 0 Å². The van der Waals surface area contributed by atoms with Crippen LogP contribution in [0.1, 0.15) is 18.5 Å². The van der Waals surface area contributed by atoms with Crippen LogP contribution in [0.5, 0.6) is 5.75 Å². The van der Waals surface area contributed by atoms with E-state index in [0.29, 0.717) is 5.02 Å². The van der Waals surface area contributed by atoms with E-state index in [1.165, 1.54) is 0 Å². The molecule has 0 fully saturated rings. The van der Waals surface area contributed by atoms with Gasteiger partial charge in [-0.15, -0.1) is 0 Å². The summed E-state index contributed by atoms with van der Waals surface area (Å²) in [5.41, 5.74) is 6.47. The van der Waals surface area contributed by atoms with Crippen LogP contribution in [0.2, 0.25) is 5.02 Å². The lowest BCUT2D eigenvalue weighted by molar-refractivity contribution is 0.0819. The molecule has 5 heteroatoms. The number of hydrogen-bond donors (Lipinski definition) is 1. The van der Waals surface area contributed by atoms with Crippen molar-refractivity contribution in [2.75, 3.05) is 6.61 Å². The maximum atomic E-state index is 11.9. The summed E-state index contributed by atoms with van der Waals surface area (Å²) < 4.78 is 28.6. The van der Waals surface area contributed by atoms with E-state index in [-0.39, 0.29) is 11.8 Å². The molecule has 0 saturated carbocycles.